The largest absolute Gasteiger partial charge is 0.573 e. The molecule has 1 aromatic heterocycles. The van der Waals surface area contributed by atoms with E-state index >= 15 is 0 Å². The van der Waals surface area contributed by atoms with Crippen LogP contribution in [0.4, 0.5) is 13.2 Å². The molecule has 0 spiro atoms. The molecule has 0 saturated carbocycles. The molecule has 0 aliphatic rings. The smallest absolute Gasteiger partial charge is 0.405 e. The fourth-order valence-electron chi connectivity index (χ4n) is 1.55. The second-order valence-corrected chi connectivity index (χ2v) is 5.02. The van der Waals surface area contributed by atoms with Gasteiger partial charge in [0.05, 0.1) is 10.2 Å². The molecule has 0 unspecified atom stereocenters. The van der Waals surface area contributed by atoms with Crippen molar-refractivity contribution in [1.29, 1.82) is 0 Å². The maximum atomic E-state index is 12.1. The first kappa shape index (κ1) is 15.6. The summed E-state index contributed by atoms with van der Waals surface area (Å²) in [6, 6.07) is 4.23. The van der Waals surface area contributed by atoms with Gasteiger partial charge in [-0.15, -0.1) is 13.2 Å². The highest BCUT2D eigenvalue weighted by Gasteiger charge is 2.32. The van der Waals surface area contributed by atoms with Crippen LogP contribution >= 0.6 is 27.5 Å². The molecular weight excluding hydrogens is 380 g/mol. The molecule has 0 aliphatic carbocycles. The van der Waals surface area contributed by atoms with E-state index in [1.54, 1.807) is 0 Å². The summed E-state index contributed by atoms with van der Waals surface area (Å²) >= 11 is 8.40. The van der Waals surface area contributed by atoms with Gasteiger partial charge in [-0.25, -0.2) is 9.36 Å². The molecular formula is C11H5BrClF3N2O3. The maximum Gasteiger partial charge on any atom is 0.573 e. The molecule has 0 bridgehead atoms. The van der Waals surface area contributed by atoms with Crippen molar-refractivity contribution in [3.63, 3.8) is 0 Å². The van der Waals surface area contributed by atoms with Crippen LogP contribution in [0.5, 0.6) is 5.75 Å². The van der Waals surface area contributed by atoms with Crippen LogP contribution in [0.25, 0.3) is 5.69 Å². The fraction of sp³-hybridized carbons (Fsp3) is 0.0909. The van der Waals surface area contributed by atoms with Gasteiger partial charge in [0.2, 0.25) is 0 Å². The highest BCUT2D eigenvalue weighted by atomic mass is 79.9. The normalized spacial score (nSPS) is 11.5. The second kappa shape index (κ2) is 5.57. The zero-order valence-electron chi connectivity index (χ0n) is 9.87. The van der Waals surface area contributed by atoms with Gasteiger partial charge in [0.15, 0.2) is 0 Å². The number of hydrogen-bond acceptors (Lipinski definition) is 3. The van der Waals surface area contributed by atoms with Gasteiger partial charge in [0, 0.05) is 6.07 Å². The van der Waals surface area contributed by atoms with Crippen LogP contribution in [0.15, 0.2) is 38.3 Å². The van der Waals surface area contributed by atoms with Gasteiger partial charge < -0.3 is 4.74 Å². The topological polar surface area (TPSA) is 64.1 Å². The number of ether oxygens (including phenoxy) is 1. The maximum absolute atomic E-state index is 12.1. The molecule has 0 aliphatic heterocycles. The van der Waals surface area contributed by atoms with Gasteiger partial charge in [0.1, 0.15) is 10.9 Å². The van der Waals surface area contributed by atoms with Gasteiger partial charge in [-0.1, -0.05) is 11.6 Å². The minimum Gasteiger partial charge on any atom is -0.405 e. The van der Waals surface area contributed by atoms with Gasteiger partial charge in [-0.3, -0.25) is 9.78 Å². The zero-order valence-corrected chi connectivity index (χ0v) is 12.2. The number of alkyl halides is 3. The van der Waals surface area contributed by atoms with E-state index in [0.29, 0.717) is 4.57 Å². The number of nitrogens with zero attached hydrogens (tertiary/aromatic N) is 1. The van der Waals surface area contributed by atoms with Crippen LogP contribution < -0.4 is 16.0 Å². The summed E-state index contributed by atoms with van der Waals surface area (Å²) < 4.78 is 40.9. The highest BCUT2D eigenvalue weighted by molar-refractivity contribution is 9.10. The Bertz CT molecular complexity index is 769. The molecule has 0 atom stereocenters. The SMILES string of the molecule is O=c1cc(Cl)[nH]c(=O)n1-c1ccc(OC(F)(F)F)c(Br)c1. The van der Waals surface area contributed by atoms with Gasteiger partial charge >= 0.3 is 12.1 Å². The van der Waals surface area contributed by atoms with Crippen molar-refractivity contribution >= 4 is 27.5 Å². The van der Waals surface area contributed by atoms with Crippen LogP contribution in [0.1, 0.15) is 0 Å². The molecule has 2 aromatic rings. The molecule has 0 radical (unpaired) electrons. The number of benzene rings is 1. The Morgan fingerprint density at radius 1 is 1.24 bits per heavy atom. The second-order valence-electron chi connectivity index (χ2n) is 3.76. The molecule has 1 N–H and O–H groups in total. The van der Waals surface area contributed by atoms with Gasteiger partial charge in [0.25, 0.3) is 5.56 Å². The summed E-state index contributed by atoms with van der Waals surface area (Å²) in [5.41, 5.74) is -1.48. The number of aromatic nitrogens is 2. The predicted octanol–water partition coefficient (Wildman–Crippen LogP) is 2.84. The summed E-state index contributed by atoms with van der Waals surface area (Å²) in [5, 5.41) is -0.141. The van der Waals surface area contributed by atoms with Gasteiger partial charge in [-0.05, 0) is 34.1 Å². The first-order chi connectivity index (χ1) is 9.67. The summed E-state index contributed by atoms with van der Waals surface area (Å²) in [4.78, 5) is 25.6. The monoisotopic (exact) mass is 384 g/mol. The van der Waals surface area contributed by atoms with E-state index in [4.69, 9.17) is 11.6 Å². The van der Waals surface area contributed by atoms with E-state index < -0.39 is 23.4 Å². The van der Waals surface area contributed by atoms with Crippen LogP contribution in [-0.2, 0) is 0 Å². The standard InChI is InChI=1S/C11H5BrClF3N2O3/c12-6-3-5(1-2-7(6)21-11(14,15)16)18-9(19)4-8(13)17-10(18)20/h1-4H,(H,17,20). The van der Waals surface area contributed by atoms with E-state index in [1.807, 2.05) is 0 Å². The lowest BCUT2D eigenvalue weighted by atomic mass is 10.3. The Kier molecular flexibility index (Phi) is 4.15. The number of hydrogen-bond donors (Lipinski definition) is 1. The Balaban J connectivity index is 2.51. The van der Waals surface area contributed by atoms with E-state index in [1.165, 1.54) is 0 Å². The van der Waals surface area contributed by atoms with E-state index in [0.717, 1.165) is 24.3 Å². The first-order valence-corrected chi connectivity index (χ1v) is 6.42. The quantitative estimate of drug-likeness (QED) is 0.809. The lowest BCUT2D eigenvalue weighted by Crippen LogP contribution is -2.32. The molecule has 10 heteroatoms. The Hall–Kier alpha value is -1.74. The van der Waals surface area contributed by atoms with Crippen molar-refractivity contribution in [2.75, 3.05) is 0 Å². The van der Waals surface area contributed by atoms with E-state index in [-0.39, 0.29) is 15.3 Å². The predicted molar refractivity (Wildman–Crippen MR) is 72.1 cm³/mol. The minimum absolute atomic E-state index is 0.0549. The van der Waals surface area contributed by atoms with Crippen molar-refractivity contribution < 1.29 is 17.9 Å². The molecule has 1 heterocycles. The number of H-pyrrole nitrogens is 1. The summed E-state index contributed by atoms with van der Waals surface area (Å²) in [5.74, 6) is -0.496. The van der Waals surface area contributed by atoms with Crippen molar-refractivity contribution in [2.24, 2.45) is 0 Å². The van der Waals surface area contributed by atoms with Crippen molar-refractivity contribution in [2.45, 2.75) is 6.36 Å². The number of rotatable bonds is 2. The highest BCUT2D eigenvalue weighted by Crippen LogP contribution is 2.31. The molecule has 0 saturated heterocycles. The third kappa shape index (κ3) is 3.67. The van der Waals surface area contributed by atoms with E-state index in [9.17, 15) is 22.8 Å². The molecule has 0 amide bonds. The number of halogens is 5. The molecule has 1 aromatic carbocycles. The lowest BCUT2D eigenvalue weighted by Gasteiger charge is -2.12. The molecule has 112 valence electrons. The number of aromatic amines is 1. The molecule has 2 rings (SSSR count). The number of nitrogens with one attached hydrogen (secondary N) is 1. The van der Waals surface area contributed by atoms with Crippen molar-refractivity contribution in [3.05, 3.63) is 54.7 Å². The lowest BCUT2D eigenvalue weighted by molar-refractivity contribution is -0.274. The molecule has 5 nitrogen and oxygen atoms in total. The molecule has 0 fully saturated rings. The van der Waals surface area contributed by atoms with E-state index in [2.05, 4.69) is 25.7 Å². The van der Waals surface area contributed by atoms with Crippen LogP contribution in [-0.4, -0.2) is 15.9 Å². The Labute approximate surface area is 128 Å². The Morgan fingerprint density at radius 3 is 2.43 bits per heavy atom. The average Bonchev–Trinajstić information content (AvgIpc) is 2.29. The third-order valence-corrected chi connectivity index (χ3v) is 3.12. The van der Waals surface area contributed by atoms with Crippen LogP contribution in [0, 0.1) is 0 Å². The minimum atomic E-state index is -4.85. The zero-order chi connectivity index (χ0) is 15.8. The van der Waals surface area contributed by atoms with Crippen LogP contribution in [0.3, 0.4) is 0 Å². The fourth-order valence-corrected chi connectivity index (χ4v) is 2.17. The summed E-state index contributed by atoms with van der Waals surface area (Å²) in [6.07, 6.45) is -4.85. The first-order valence-electron chi connectivity index (χ1n) is 5.25. The third-order valence-electron chi connectivity index (χ3n) is 2.30. The summed E-state index contributed by atoms with van der Waals surface area (Å²) in [6.45, 7) is 0. The molecule has 21 heavy (non-hydrogen) atoms. The van der Waals surface area contributed by atoms with Crippen molar-refractivity contribution in [1.82, 2.24) is 9.55 Å². The summed E-state index contributed by atoms with van der Waals surface area (Å²) in [7, 11) is 0. The average molecular weight is 386 g/mol. The van der Waals surface area contributed by atoms with Crippen LogP contribution in [0.2, 0.25) is 5.15 Å². The van der Waals surface area contributed by atoms with Gasteiger partial charge in [-0.2, -0.15) is 0 Å². The van der Waals surface area contributed by atoms with Crippen molar-refractivity contribution in [3.8, 4) is 11.4 Å². The Morgan fingerprint density at radius 2 is 1.90 bits per heavy atom.